The van der Waals surface area contributed by atoms with Crippen molar-refractivity contribution in [3.8, 4) is 5.75 Å². The second-order valence-electron chi connectivity index (χ2n) is 9.02. The minimum Gasteiger partial charge on any atom is -0.496 e. The van der Waals surface area contributed by atoms with Crippen molar-refractivity contribution in [2.75, 3.05) is 19.5 Å². The minimum absolute atomic E-state index is 0.0284. The number of amides is 1. The van der Waals surface area contributed by atoms with Crippen LogP contribution in [-0.2, 0) is 32.4 Å². The molecule has 3 aromatic rings. The van der Waals surface area contributed by atoms with Crippen molar-refractivity contribution < 1.29 is 56.2 Å². The van der Waals surface area contributed by atoms with E-state index < -0.39 is 44.3 Å². The molecular formula is C23H25F3N5O9P. The van der Waals surface area contributed by atoms with Gasteiger partial charge in [-0.15, -0.1) is 0 Å². The van der Waals surface area contributed by atoms with Crippen molar-refractivity contribution in [3.05, 3.63) is 41.0 Å². The quantitative estimate of drug-likeness (QED) is 0.208. The summed E-state index contributed by atoms with van der Waals surface area (Å²) >= 11 is 0. The van der Waals surface area contributed by atoms with E-state index in [0.717, 1.165) is 31.0 Å². The highest BCUT2D eigenvalue weighted by Crippen LogP contribution is 2.43. The zero-order valence-corrected chi connectivity index (χ0v) is 22.6. The number of hydrogen-bond donors (Lipinski definition) is 4. The van der Waals surface area contributed by atoms with Crippen LogP contribution in [-0.4, -0.2) is 61.5 Å². The Bertz CT molecular complexity index is 1630. The van der Waals surface area contributed by atoms with Gasteiger partial charge in [0, 0.05) is 30.8 Å². The van der Waals surface area contributed by atoms with E-state index >= 15 is 0 Å². The fraction of sp³-hybridized carbons (Fsp3) is 0.391. The summed E-state index contributed by atoms with van der Waals surface area (Å²) < 4.78 is 68.4. The molecule has 1 atom stereocenters. The summed E-state index contributed by atoms with van der Waals surface area (Å²) in [6.45, 7) is -0.801. The van der Waals surface area contributed by atoms with Gasteiger partial charge in [-0.25, -0.2) is 9.36 Å². The fourth-order valence-corrected chi connectivity index (χ4v) is 4.27. The molecule has 41 heavy (non-hydrogen) atoms. The highest BCUT2D eigenvalue weighted by molar-refractivity contribution is 7.46. The van der Waals surface area contributed by atoms with E-state index in [2.05, 4.69) is 19.9 Å². The molecule has 0 spiro atoms. The number of pyridine rings is 1. The van der Waals surface area contributed by atoms with E-state index in [1.165, 1.54) is 23.9 Å². The second kappa shape index (κ2) is 11.3. The third-order valence-electron chi connectivity index (χ3n) is 6.13. The molecule has 14 nitrogen and oxygen atoms in total. The zero-order chi connectivity index (χ0) is 30.3. The van der Waals surface area contributed by atoms with E-state index in [0.29, 0.717) is 18.4 Å². The standard InChI is InChI=1S/C23H25F3N5O9P/c1-30-15-7-6-12(19(32)23(24,25)26)18(38-2)17(15)20(29-30)27-14-8-16(28-21(33)11-4-5-11)31(10-40-41(35,36)37)9-13(14)22(34)39-3/h6-9,11,19,32H,4-5,10H2,1-3H3,(H,27,29)(H2,35,36,37)/b28-16+/t19-/m0/s1. The molecule has 1 aliphatic rings. The monoisotopic (exact) mass is 603 g/mol. The lowest BCUT2D eigenvalue weighted by molar-refractivity contribution is -0.207. The Hall–Kier alpha value is -3.76. The molecule has 1 amide bonds. The molecule has 1 fully saturated rings. The third-order valence-corrected chi connectivity index (χ3v) is 6.58. The molecule has 4 rings (SSSR count). The first-order chi connectivity index (χ1) is 19.1. The Balaban J connectivity index is 1.92. The number of aliphatic hydroxyl groups is 1. The van der Waals surface area contributed by atoms with Crippen molar-refractivity contribution >= 4 is 42.1 Å². The average Bonchev–Trinajstić information content (AvgIpc) is 3.70. The van der Waals surface area contributed by atoms with Crippen molar-refractivity contribution in [3.63, 3.8) is 0 Å². The van der Waals surface area contributed by atoms with Gasteiger partial charge in [-0.05, 0) is 18.9 Å². The topological polar surface area (TPSA) is 187 Å². The van der Waals surface area contributed by atoms with E-state index in [1.54, 1.807) is 0 Å². The number of esters is 1. The number of methoxy groups -OCH3 is 2. The maximum Gasteiger partial charge on any atom is 0.471 e. The van der Waals surface area contributed by atoms with Gasteiger partial charge in [0.05, 0.1) is 36.4 Å². The van der Waals surface area contributed by atoms with Crippen LogP contribution in [0.5, 0.6) is 5.75 Å². The van der Waals surface area contributed by atoms with Crippen LogP contribution in [0.2, 0.25) is 0 Å². The highest BCUT2D eigenvalue weighted by Gasteiger charge is 2.41. The average molecular weight is 603 g/mol. The molecule has 0 radical (unpaired) electrons. The number of halogens is 3. The maximum absolute atomic E-state index is 13.4. The van der Waals surface area contributed by atoms with Gasteiger partial charge in [-0.2, -0.15) is 23.3 Å². The molecule has 1 aliphatic carbocycles. The van der Waals surface area contributed by atoms with E-state index in [-0.39, 0.29) is 39.6 Å². The molecule has 222 valence electrons. The number of anilines is 2. The number of alkyl halides is 3. The first-order valence-electron chi connectivity index (χ1n) is 11.8. The predicted molar refractivity (Wildman–Crippen MR) is 134 cm³/mol. The number of nitrogens with zero attached hydrogens (tertiary/aromatic N) is 4. The summed E-state index contributed by atoms with van der Waals surface area (Å²) in [6.07, 6.45) is -5.58. The van der Waals surface area contributed by atoms with Crippen molar-refractivity contribution in [2.24, 2.45) is 18.0 Å². The summed E-state index contributed by atoms with van der Waals surface area (Å²) in [4.78, 5) is 47.5. The summed E-state index contributed by atoms with van der Waals surface area (Å²) in [7, 11) is -1.28. The number of aliphatic hydroxyl groups excluding tert-OH is 1. The van der Waals surface area contributed by atoms with Crippen LogP contribution in [0, 0.1) is 5.92 Å². The molecular weight excluding hydrogens is 578 g/mol. The van der Waals surface area contributed by atoms with Crippen LogP contribution in [0.25, 0.3) is 10.9 Å². The molecule has 2 heterocycles. The van der Waals surface area contributed by atoms with Gasteiger partial charge >= 0.3 is 20.0 Å². The number of ether oxygens (including phenoxy) is 2. The Labute approximate surface area is 229 Å². The number of phosphoric acid groups is 1. The molecule has 18 heteroatoms. The van der Waals surface area contributed by atoms with E-state index in [1.807, 2.05) is 0 Å². The van der Waals surface area contributed by atoms with Crippen LogP contribution in [0.3, 0.4) is 0 Å². The Morgan fingerprint density at radius 2 is 1.95 bits per heavy atom. The number of carbonyl (C=O) groups excluding carboxylic acids is 2. The molecule has 4 N–H and O–H groups in total. The number of carbonyl (C=O) groups is 2. The van der Waals surface area contributed by atoms with Gasteiger partial charge < -0.3 is 34.3 Å². The maximum atomic E-state index is 13.4. The van der Waals surface area contributed by atoms with E-state index in [4.69, 9.17) is 19.3 Å². The molecule has 0 unspecified atom stereocenters. The first kappa shape index (κ1) is 30.2. The minimum atomic E-state index is -5.00. The van der Waals surface area contributed by atoms with Crippen molar-refractivity contribution in [2.45, 2.75) is 31.9 Å². The number of aromatic nitrogens is 3. The summed E-state index contributed by atoms with van der Waals surface area (Å²) in [5, 5.41) is 17.1. The second-order valence-corrected chi connectivity index (χ2v) is 10.3. The lowest BCUT2D eigenvalue weighted by atomic mass is 10.0. The molecule has 0 aliphatic heterocycles. The van der Waals surface area contributed by atoms with Crippen LogP contribution < -0.4 is 15.5 Å². The lowest BCUT2D eigenvalue weighted by Gasteiger charge is -2.19. The van der Waals surface area contributed by atoms with Crippen LogP contribution in [0.1, 0.15) is 34.9 Å². The number of phosphoric ester groups is 1. The van der Waals surface area contributed by atoms with Crippen molar-refractivity contribution in [1.82, 2.24) is 14.3 Å². The highest BCUT2D eigenvalue weighted by atomic mass is 31.2. The number of rotatable bonds is 9. The SMILES string of the molecule is COC(=O)c1cn(COP(=O)(O)O)/c(=N/C(=O)C2CC2)cc1Nc1nn(C)c2ccc([C@H](O)C(F)(F)F)c(OC)c12. The Morgan fingerprint density at radius 1 is 1.27 bits per heavy atom. The zero-order valence-electron chi connectivity index (χ0n) is 21.7. The number of fused-ring (bicyclic) bond motifs is 1. The van der Waals surface area contributed by atoms with Crippen molar-refractivity contribution in [1.29, 1.82) is 0 Å². The number of nitrogens with one attached hydrogen (secondary N) is 1. The predicted octanol–water partition coefficient (Wildman–Crippen LogP) is 2.41. The number of benzene rings is 1. The van der Waals surface area contributed by atoms with Crippen LogP contribution >= 0.6 is 7.82 Å². The smallest absolute Gasteiger partial charge is 0.471 e. The Kier molecular flexibility index (Phi) is 8.29. The van der Waals surface area contributed by atoms with Gasteiger partial charge in [0.1, 0.15) is 18.0 Å². The van der Waals surface area contributed by atoms with Crippen LogP contribution in [0.4, 0.5) is 24.7 Å². The number of aryl methyl sites for hydroxylation is 1. The summed E-state index contributed by atoms with van der Waals surface area (Å²) in [6, 6.07) is 3.55. The van der Waals surface area contributed by atoms with Gasteiger partial charge in [-0.1, -0.05) is 6.07 Å². The molecule has 0 bridgehead atoms. The number of hydrogen-bond acceptors (Lipinski definition) is 9. The Morgan fingerprint density at radius 3 is 2.51 bits per heavy atom. The largest absolute Gasteiger partial charge is 0.496 e. The van der Waals surface area contributed by atoms with Crippen LogP contribution in [0.15, 0.2) is 29.4 Å². The summed E-state index contributed by atoms with van der Waals surface area (Å²) in [5.74, 6) is -2.20. The summed E-state index contributed by atoms with van der Waals surface area (Å²) in [5.41, 5.74) is -0.745. The lowest BCUT2D eigenvalue weighted by Crippen LogP contribution is -2.26. The van der Waals surface area contributed by atoms with E-state index in [9.17, 15) is 32.4 Å². The normalized spacial score (nSPS) is 15.2. The molecule has 0 saturated heterocycles. The first-order valence-corrected chi connectivity index (χ1v) is 13.3. The van der Waals surface area contributed by atoms with Gasteiger partial charge in [0.25, 0.3) is 5.91 Å². The van der Waals surface area contributed by atoms with Gasteiger partial charge in [-0.3, -0.25) is 14.0 Å². The third kappa shape index (κ3) is 6.60. The molecule has 1 aromatic carbocycles. The van der Waals surface area contributed by atoms with Gasteiger partial charge in [0.2, 0.25) is 0 Å². The van der Waals surface area contributed by atoms with Gasteiger partial charge in [0.15, 0.2) is 11.9 Å². The molecule has 1 saturated carbocycles. The fourth-order valence-electron chi connectivity index (χ4n) is 4.00. The molecule has 2 aromatic heterocycles.